The van der Waals surface area contributed by atoms with Gasteiger partial charge in [0, 0.05) is 20.0 Å². The average molecular weight is 605 g/mol. The quantitative estimate of drug-likeness (QED) is 0.0905. The number of allylic oxidation sites excluding steroid dienone is 1. The van der Waals surface area contributed by atoms with Gasteiger partial charge in [-0.25, -0.2) is 0 Å². The Bertz CT molecular complexity index is 1350. The number of esters is 1. The molecule has 4 aromatic rings. The number of benzene rings is 4. The Morgan fingerprint density at radius 3 is 1.31 bits per heavy atom. The molecule has 0 aromatic heterocycles. The van der Waals surface area contributed by atoms with Gasteiger partial charge in [0.2, 0.25) is 0 Å². The Kier molecular flexibility index (Phi) is 10.4. The van der Waals surface area contributed by atoms with Gasteiger partial charge >= 0.3 is 13.1 Å². The van der Waals surface area contributed by atoms with Crippen molar-refractivity contribution in [2.75, 3.05) is 20.8 Å². The van der Waals surface area contributed by atoms with Gasteiger partial charge in [0.15, 0.2) is 0 Å². The highest BCUT2D eigenvalue weighted by Crippen LogP contribution is 2.52. The van der Waals surface area contributed by atoms with E-state index >= 15 is 0 Å². The molecule has 1 fully saturated rings. The van der Waals surface area contributed by atoms with E-state index < -0.39 is 36.3 Å². The molecule has 0 radical (unpaired) electrons. The fourth-order valence-corrected chi connectivity index (χ4v) is 6.61. The highest BCUT2D eigenvalue weighted by molar-refractivity contribution is 6.48. The Hall–Kier alpha value is -4.01. The monoisotopic (exact) mass is 604 g/mol. The van der Waals surface area contributed by atoms with Crippen molar-refractivity contribution in [3.8, 4) is 0 Å². The van der Waals surface area contributed by atoms with Gasteiger partial charge in [-0.2, -0.15) is 0 Å². The van der Waals surface area contributed by atoms with Crippen LogP contribution in [0, 0.1) is 0 Å². The number of hydrogen-bond acceptors (Lipinski definition) is 6. The second-order valence-corrected chi connectivity index (χ2v) is 11.3. The van der Waals surface area contributed by atoms with Crippen molar-refractivity contribution in [1.82, 2.24) is 0 Å². The van der Waals surface area contributed by atoms with Crippen molar-refractivity contribution >= 4 is 13.1 Å². The van der Waals surface area contributed by atoms with Gasteiger partial charge in [0.25, 0.3) is 0 Å². The molecule has 3 atom stereocenters. The van der Waals surface area contributed by atoms with Crippen LogP contribution in [0.3, 0.4) is 0 Å². The van der Waals surface area contributed by atoms with Gasteiger partial charge in [-0.1, -0.05) is 127 Å². The van der Waals surface area contributed by atoms with Crippen molar-refractivity contribution in [2.24, 2.45) is 0 Å². The zero-order chi connectivity index (χ0) is 31.9. The van der Waals surface area contributed by atoms with E-state index in [1.165, 1.54) is 0 Å². The third-order valence-corrected chi connectivity index (χ3v) is 8.75. The number of hydrogen-bond donors (Lipinski definition) is 0. The van der Waals surface area contributed by atoms with E-state index in [1.54, 1.807) is 21.1 Å². The molecule has 5 rings (SSSR count). The predicted molar refractivity (Wildman–Crippen MR) is 177 cm³/mol. The number of carbonyl (C=O) groups excluding carboxylic acids is 1. The molecule has 1 aliphatic rings. The van der Waals surface area contributed by atoms with E-state index in [-0.39, 0.29) is 19.0 Å². The fraction of sp³-hybridized carbons (Fsp3) is 0.289. The molecule has 0 amide bonds. The number of rotatable bonds is 13. The molecule has 0 unspecified atom stereocenters. The van der Waals surface area contributed by atoms with E-state index in [9.17, 15) is 4.79 Å². The summed E-state index contributed by atoms with van der Waals surface area (Å²) < 4.78 is 32.9. The Morgan fingerprint density at radius 2 is 1.04 bits per heavy atom. The summed E-state index contributed by atoms with van der Waals surface area (Å²) in [5.41, 5.74) is 2.03. The molecule has 6 nitrogen and oxygen atoms in total. The van der Waals surface area contributed by atoms with Crippen molar-refractivity contribution in [3.63, 3.8) is 0 Å². The van der Waals surface area contributed by atoms with Crippen molar-refractivity contribution in [3.05, 3.63) is 156 Å². The van der Waals surface area contributed by atoms with Crippen LogP contribution < -0.4 is 0 Å². The molecule has 0 spiro atoms. The minimum atomic E-state index is -1.14. The van der Waals surface area contributed by atoms with Crippen molar-refractivity contribution in [1.29, 1.82) is 0 Å². The van der Waals surface area contributed by atoms with Crippen LogP contribution in [0.5, 0.6) is 0 Å². The van der Waals surface area contributed by atoms with Gasteiger partial charge in [-0.05, 0) is 36.1 Å². The maximum atomic E-state index is 12.8. The topological polar surface area (TPSA) is 63.2 Å². The summed E-state index contributed by atoms with van der Waals surface area (Å²) in [6.45, 7) is 8.19. The van der Waals surface area contributed by atoms with Crippen LogP contribution >= 0.6 is 0 Å². The third kappa shape index (κ3) is 6.14. The van der Waals surface area contributed by atoms with Gasteiger partial charge in [0.1, 0.15) is 23.4 Å². The zero-order valence-corrected chi connectivity index (χ0v) is 26.4. The summed E-state index contributed by atoms with van der Waals surface area (Å²) in [6.07, 6.45) is -1.47. The molecule has 7 heteroatoms. The fourth-order valence-electron chi connectivity index (χ4n) is 6.61. The molecule has 1 saturated heterocycles. The molecule has 0 aliphatic carbocycles. The normalized spacial score (nSPS) is 17.6. The summed E-state index contributed by atoms with van der Waals surface area (Å²) >= 11 is 0. The molecule has 0 bridgehead atoms. The highest BCUT2D eigenvalue weighted by Gasteiger charge is 2.63. The van der Waals surface area contributed by atoms with Crippen LogP contribution in [0.4, 0.5) is 0 Å². The lowest BCUT2D eigenvalue weighted by molar-refractivity contribution is -0.143. The smallest absolute Gasteiger partial charge is 0.465 e. The summed E-state index contributed by atoms with van der Waals surface area (Å²) in [6, 6.07) is 40.1. The number of ether oxygens (including phenoxy) is 3. The van der Waals surface area contributed by atoms with Crippen molar-refractivity contribution < 1.29 is 28.3 Å². The lowest BCUT2D eigenvalue weighted by Crippen LogP contribution is -2.56. The largest absolute Gasteiger partial charge is 0.466 e. The minimum absolute atomic E-state index is 0.0561. The summed E-state index contributed by atoms with van der Waals surface area (Å²) in [4.78, 5) is 12.8. The summed E-state index contributed by atoms with van der Waals surface area (Å²) in [7, 11) is 2.54. The maximum absolute atomic E-state index is 12.8. The summed E-state index contributed by atoms with van der Waals surface area (Å²) in [5.74, 6) is -0.829. The SMILES string of the molecule is C=C(C)[C@H](CC(=O)OCC)B1O[C@@H](C(OC)(c2ccccc2)c2ccccc2)[C@H](C(OC)(c2ccccc2)c2ccccc2)O1. The molecular formula is C38H41BO6. The second kappa shape index (κ2) is 14.4. The Labute approximate surface area is 267 Å². The van der Waals surface area contributed by atoms with Crippen LogP contribution in [0.1, 0.15) is 42.5 Å². The van der Waals surface area contributed by atoms with Crippen LogP contribution in [-0.4, -0.2) is 46.1 Å². The first-order valence-electron chi connectivity index (χ1n) is 15.4. The molecule has 45 heavy (non-hydrogen) atoms. The minimum Gasteiger partial charge on any atom is -0.466 e. The van der Waals surface area contributed by atoms with E-state index in [0.29, 0.717) is 0 Å². The second-order valence-electron chi connectivity index (χ2n) is 11.3. The molecular weight excluding hydrogens is 563 g/mol. The van der Waals surface area contributed by atoms with Crippen molar-refractivity contribution in [2.45, 2.75) is 49.5 Å². The number of methoxy groups -OCH3 is 2. The van der Waals surface area contributed by atoms with Crippen LogP contribution in [0.2, 0.25) is 5.82 Å². The van der Waals surface area contributed by atoms with Crippen LogP contribution in [-0.2, 0) is 39.5 Å². The maximum Gasteiger partial charge on any atom is 0.465 e. The first kappa shape index (κ1) is 32.4. The van der Waals surface area contributed by atoms with Gasteiger partial charge in [0.05, 0.1) is 13.0 Å². The van der Waals surface area contributed by atoms with E-state index in [0.717, 1.165) is 27.8 Å². The average Bonchev–Trinajstić information content (AvgIpc) is 3.52. The standard InChI is InChI=1S/C38H41BO6/c1-6-43-34(40)27-33(28(2)3)39-44-35(37(41-4,29-19-11-7-12-20-29)30-21-13-8-14-22-30)36(45-39)38(42-5,31-23-15-9-16-24-31)32-25-17-10-18-26-32/h7-26,33,35-36H,2,6,27H2,1,3-5H3/t33-,35+,36+/m0/s1. The number of carbonyl (C=O) groups is 1. The van der Waals surface area contributed by atoms with Gasteiger partial charge in [-0.15, -0.1) is 6.58 Å². The first-order chi connectivity index (χ1) is 21.9. The van der Waals surface area contributed by atoms with Crippen LogP contribution in [0.25, 0.3) is 0 Å². The highest BCUT2D eigenvalue weighted by atomic mass is 16.7. The lowest BCUT2D eigenvalue weighted by atomic mass is 9.66. The third-order valence-electron chi connectivity index (χ3n) is 8.75. The first-order valence-corrected chi connectivity index (χ1v) is 15.4. The Morgan fingerprint density at radius 1 is 0.711 bits per heavy atom. The molecule has 4 aromatic carbocycles. The van der Waals surface area contributed by atoms with Gasteiger partial charge in [-0.3, -0.25) is 4.79 Å². The lowest BCUT2D eigenvalue weighted by Gasteiger charge is -2.47. The molecule has 0 saturated carbocycles. The van der Waals surface area contributed by atoms with E-state index in [1.807, 2.05) is 128 Å². The molecule has 232 valence electrons. The molecule has 0 N–H and O–H groups in total. The molecule has 1 aliphatic heterocycles. The van der Waals surface area contributed by atoms with E-state index in [4.69, 9.17) is 23.5 Å². The van der Waals surface area contributed by atoms with Gasteiger partial charge < -0.3 is 23.5 Å². The Balaban J connectivity index is 1.79. The zero-order valence-electron chi connectivity index (χ0n) is 26.4. The van der Waals surface area contributed by atoms with Crippen LogP contribution in [0.15, 0.2) is 133 Å². The summed E-state index contributed by atoms with van der Waals surface area (Å²) in [5, 5.41) is 0. The molecule has 1 heterocycles. The van der Waals surface area contributed by atoms with E-state index in [2.05, 4.69) is 6.58 Å². The predicted octanol–water partition coefficient (Wildman–Crippen LogP) is 7.34.